The van der Waals surface area contributed by atoms with Gasteiger partial charge in [-0.05, 0) is 25.7 Å². The summed E-state index contributed by atoms with van der Waals surface area (Å²) in [5, 5.41) is 3.73. The van der Waals surface area contributed by atoms with Crippen LogP contribution in [0.4, 0.5) is 0 Å². The average Bonchev–Trinajstić information content (AvgIpc) is 2.23. The summed E-state index contributed by atoms with van der Waals surface area (Å²) < 4.78 is 0. The van der Waals surface area contributed by atoms with Crippen molar-refractivity contribution in [2.75, 3.05) is 0 Å². The highest BCUT2D eigenvalue weighted by atomic mass is 16.1. The number of carbonyl (C=O) groups is 1. The summed E-state index contributed by atoms with van der Waals surface area (Å²) in [6.07, 6.45) is 10.7. The minimum absolute atomic E-state index is 0.465. The summed E-state index contributed by atoms with van der Waals surface area (Å²) >= 11 is 0. The van der Waals surface area contributed by atoms with E-state index in [0.717, 1.165) is 31.7 Å². The van der Waals surface area contributed by atoms with Crippen molar-refractivity contribution in [2.24, 2.45) is 0 Å². The van der Waals surface area contributed by atoms with E-state index in [1.807, 2.05) is 0 Å². The highest BCUT2D eigenvalue weighted by Crippen LogP contribution is 2.21. The number of hydrogen-bond acceptors (Lipinski definition) is 2. The van der Waals surface area contributed by atoms with Crippen LogP contribution >= 0.6 is 0 Å². The van der Waals surface area contributed by atoms with E-state index in [1.165, 1.54) is 32.1 Å². The van der Waals surface area contributed by atoms with Gasteiger partial charge in [0, 0.05) is 24.9 Å². The second-order valence-corrected chi connectivity index (χ2v) is 4.81. The molecule has 0 bridgehead atoms. The van der Waals surface area contributed by atoms with Gasteiger partial charge in [-0.1, -0.05) is 19.3 Å². The van der Waals surface area contributed by atoms with E-state index in [-0.39, 0.29) is 0 Å². The van der Waals surface area contributed by atoms with Crippen molar-refractivity contribution in [2.45, 2.75) is 69.9 Å². The van der Waals surface area contributed by atoms with Crippen molar-refractivity contribution >= 4 is 5.78 Å². The standard InChI is InChI=1S/C12H21NO/c14-12-8-6-11(7-9-12)13-10-4-2-1-3-5-10/h10-11,13H,1-9H2. The first-order chi connectivity index (χ1) is 6.84. The molecule has 0 atom stereocenters. The van der Waals surface area contributed by atoms with Gasteiger partial charge in [0.25, 0.3) is 0 Å². The maximum absolute atomic E-state index is 11.1. The molecular weight excluding hydrogens is 174 g/mol. The van der Waals surface area contributed by atoms with Crippen LogP contribution in [0.15, 0.2) is 0 Å². The first kappa shape index (κ1) is 10.2. The quantitative estimate of drug-likeness (QED) is 0.733. The van der Waals surface area contributed by atoms with Gasteiger partial charge in [-0.25, -0.2) is 0 Å². The Morgan fingerprint density at radius 3 is 2.07 bits per heavy atom. The van der Waals surface area contributed by atoms with E-state index in [9.17, 15) is 4.79 Å². The molecule has 0 radical (unpaired) electrons. The van der Waals surface area contributed by atoms with Crippen molar-refractivity contribution in [3.8, 4) is 0 Å². The van der Waals surface area contributed by atoms with Crippen LogP contribution in [0.1, 0.15) is 57.8 Å². The molecule has 0 aromatic rings. The minimum atomic E-state index is 0.465. The molecule has 2 heteroatoms. The number of ketones is 1. The molecule has 0 amide bonds. The fraction of sp³-hybridized carbons (Fsp3) is 0.917. The molecule has 0 aliphatic heterocycles. The molecule has 0 saturated heterocycles. The molecule has 2 nitrogen and oxygen atoms in total. The van der Waals surface area contributed by atoms with E-state index in [2.05, 4.69) is 5.32 Å². The van der Waals surface area contributed by atoms with Crippen LogP contribution in [0.5, 0.6) is 0 Å². The van der Waals surface area contributed by atoms with Crippen LogP contribution in [0, 0.1) is 0 Å². The van der Waals surface area contributed by atoms with Gasteiger partial charge in [0.2, 0.25) is 0 Å². The van der Waals surface area contributed by atoms with Crippen LogP contribution < -0.4 is 5.32 Å². The Morgan fingerprint density at radius 2 is 1.43 bits per heavy atom. The average molecular weight is 195 g/mol. The van der Waals surface area contributed by atoms with Crippen molar-refractivity contribution in [3.63, 3.8) is 0 Å². The molecule has 0 spiro atoms. The van der Waals surface area contributed by atoms with Gasteiger partial charge in [-0.15, -0.1) is 0 Å². The summed E-state index contributed by atoms with van der Waals surface area (Å²) in [6, 6.07) is 1.39. The molecule has 2 aliphatic carbocycles. The third-order valence-corrected chi connectivity index (χ3v) is 3.62. The SMILES string of the molecule is O=C1CCC(NC2CCCCC2)CC1. The third kappa shape index (κ3) is 2.81. The van der Waals surface area contributed by atoms with Crippen molar-refractivity contribution < 1.29 is 4.79 Å². The van der Waals surface area contributed by atoms with Gasteiger partial charge in [-0.2, -0.15) is 0 Å². The number of hydrogen-bond donors (Lipinski definition) is 1. The van der Waals surface area contributed by atoms with Gasteiger partial charge >= 0.3 is 0 Å². The summed E-state index contributed by atoms with van der Waals surface area (Å²) in [5.41, 5.74) is 0. The molecule has 1 N–H and O–H groups in total. The van der Waals surface area contributed by atoms with Gasteiger partial charge in [0.1, 0.15) is 5.78 Å². The zero-order chi connectivity index (χ0) is 9.80. The first-order valence-corrected chi connectivity index (χ1v) is 6.12. The molecule has 0 aromatic carbocycles. The number of Topliss-reactive ketones (excluding diaryl/α,β-unsaturated/α-hetero) is 1. The molecule has 14 heavy (non-hydrogen) atoms. The van der Waals surface area contributed by atoms with Crippen LogP contribution in [0.3, 0.4) is 0 Å². The van der Waals surface area contributed by atoms with Crippen molar-refractivity contribution in [1.29, 1.82) is 0 Å². The highest BCUT2D eigenvalue weighted by Gasteiger charge is 2.22. The Morgan fingerprint density at radius 1 is 0.857 bits per heavy atom. The Bertz CT molecular complexity index is 186. The third-order valence-electron chi connectivity index (χ3n) is 3.62. The molecule has 0 heterocycles. The Hall–Kier alpha value is -0.370. The summed E-state index contributed by atoms with van der Waals surface area (Å²) in [6.45, 7) is 0. The molecule has 2 saturated carbocycles. The lowest BCUT2D eigenvalue weighted by Crippen LogP contribution is -2.41. The summed E-state index contributed by atoms with van der Waals surface area (Å²) in [4.78, 5) is 11.1. The predicted octanol–water partition coefficient (Wildman–Crippen LogP) is 2.42. The Kier molecular flexibility index (Phi) is 3.57. The molecule has 2 rings (SSSR count). The van der Waals surface area contributed by atoms with Crippen LogP contribution in [-0.4, -0.2) is 17.9 Å². The topological polar surface area (TPSA) is 29.1 Å². The molecule has 2 aliphatic rings. The molecular formula is C12H21NO. The first-order valence-electron chi connectivity index (χ1n) is 6.12. The zero-order valence-electron chi connectivity index (χ0n) is 8.93. The molecule has 80 valence electrons. The van der Waals surface area contributed by atoms with Crippen LogP contribution in [0.25, 0.3) is 0 Å². The summed E-state index contributed by atoms with van der Waals surface area (Å²) in [5.74, 6) is 0.465. The fourth-order valence-corrected chi connectivity index (χ4v) is 2.71. The van der Waals surface area contributed by atoms with E-state index in [0.29, 0.717) is 11.8 Å². The smallest absolute Gasteiger partial charge is 0.133 e. The van der Waals surface area contributed by atoms with E-state index < -0.39 is 0 Å². The maximum Gasteiger partial charge on any atom is 0.133 e. The lowest BCUT2D eigenvalue weighted by atomic mass is 9.90. The van der Waals surface area contributed by atoms with Gasteiger partial charge in [0.15, 0.2) is 0 Å². The number of carbonyl (C=O) groups excluding carboxylic acids is 1. The maximum atomic E-state index is 11.1. The molecule has 0 unspecified atom stereocenters. The van der Waals surface area contributed by atoms with Crippen molar-refractivity contribution in [1.82, 2.24) is 5.32 Å². The molecule has 2 fully saturated rings. The second-order valence-electron chi connectivity index (χ2n) is 4.81. The van der Waals surface area contributed by atoms with Gasteiger partial charge in [0.05, 0.1) is 0 Å². The van der Waals surface area contributed by atoms with Gasteiger partial charge < -0.3 is 5.32 Å². The Balaban J connectivity index is 1.71. The normalized spacial score (nSPS) is 26.7. The number of rotatable bonds is 2. The predicted molar refractivity (Wildman–Crippen MR) is 57.3 cm³/mol. The van der Waals surface area contributed by atoms with E-state index in [4.69, 9.17) is 0 Å². The second kappa shape index (κ2) is 4.92. The highest BCUT2D eigenvalue weighted by molar-refractivity contribution is 5.79. The number of nitrogens with one attached hydrogen (secondary N) is 1. The fourth-order valence-electron chi connectivity index (χ4n) is 2.71. The minimum Gasteiger partial charge on any atom is -0.311 e. The molecule has 0 aromatic heterocycles. The largest absolute Gasteiger partial charge is 0.311 e. The van der Waals surface area contributed by atoms with Crippen molar-refractivity contribution in [3.05, 3.63) is 0 Å². The Labute approximate surface area is 86.5 Å². The van der Waals surface area contributed by atoms with Gasteiger partial charge in [-0.3, -0.25) is 4.79 Å². The lowest BCUT2D eigenvalue weighted by Gasteiger charge is -2.30. The monoisotopic (exact) mass is 195 g/mol. The lowest BCUT2D eigenvalue weighted by molar-refractivity contribution is -0.120. The summed E-state index contributed by atoms with van der Waals surface area (Å²) in [7, 11) is 0. The van der Waals surface area contributed by atoms with Crippen LogP contribution in [0.2, 0.25) is 0 Å². The van der Waals surface area contributed by atoms with Crippen LogP contribution in [-0.2, 0) is 4.79 Å². The van der Waals surface area contributed by atoms with E-state index >= 15 is 0 Å². The van der Waals surface area contributed by atoms with E-state index in [1.54, 1.807) is 0 Å². The zero-order valence-corrected chi connectivity index (χ0v) is 8.93.